The molecule has 2 nitrogen and oxygen atoms in total. The Morgan fingerprint density at radius 3 is 2.35 bits per heavy atom. The van der Waals surface area contributed by atoms with Gasteiger partial charge in [-0.1, -0.05) is 38.8 Å². The van der Waals surface area contributed by atoms with Crippen molar-refractivity contribution in [1.82, 2.24) is 5.32 Å². The molecule has 1 atom stereocenters. The lowest BCUT2D eigenvalue weighted by molar-refractivity contribution is 0.401. The maximum absolute atomic E-state index is 9.48. The molecule has 0 bridgehead atoms. The summed E-state index contributed by atoms with van der Waals surface area (Å²) in [6.07, 6.45) is 4.86. The molecule has 1 rings (SSSR count). The third kappa shape index (κ3) is 4.78. The number of benzene rings is 1. The van der Waals surface area contributed by atoms with Gasteiger partial charge in [0.2, 0.25) is 0 Å². The van der Waals surface area contributed by atoms with Gasteiger partial charge in [0.15, 0.2) is 0 Å². The topological polar surface area (TPSA) is 32.3 Å². The van der Waals surface area contributed by atoms with Crippen molar-refractivity contribution in [2.45, 2.75) is 58.5 Å². The highest BCUT2D eigenvalue weighted by atomic mass is 16.3. The van der Waals surface area contributed by atoms with Crippen molar-refractivity contribution in [3.8, 4) is 5.75 Å². The molecule has 1 aromatic carbocycles. The summed E-state index contributed by atoms with van der Waals surface area (Å²) in [5, 5.41) is 13.1. The fourth-order valence-corrected chi connectivity index (χ4v) is 2.25. The normalized spacial score (nSPS) is 12.9. The molecule has 0 amide bonds. The number of hydrogen-bond donors (Lipinski definition) is 2. The van der Waals surface area contributed by atoms with Crippen LogP contribution < -0.4 is 5.32 Å². The van der Waals surface area contributed by atoms with Gasteiger partial charge in [-0.2, -0.15) is 0 Å². The average molecular weight is 235 g/mol. The lowest BCUT2D eigenvalue weighted by atomic mass is 10.0. The number of hydrogen-bond acceptors (Lipinski definition) is 2. The maximum atomic E-state index is 9.48. The third-order valence-corrected chi connectivity index (χ3v) is 3.13. The predicted molar refractivity (Wildman–Crippen MR) is 73.3 cm³/mol. The van der Waals surface area contributed by atoms with E-state index in [1.807, 2.05) is 12.1 Å². The Kier molecular flexibility index (Phi) is 6.06. The van der Waals surface area contributed by atoms with E-state index in [9.17, 15) is 5.11 Å². The smallest absolute Gasteiger partial charge is 0.115 e. The molecule has 96 valence electrons. The Labute approximate surface area is 105 Å². The lowest BCUT2D eigenvalue weighted by Crippen LogP contribution is -2.31. The highest BCUT2D eigenvalue weighted by molar-refractivity contribution is 5.29. The van der Waals surface area contributed by atoms with E-state index < -0.39 is 0 Å². The first-order valence-corrected chi connectivity index (χ1v) is 6.72. The van der Waals surface area contributed by atoms with E-state index in [0.717, 1.165) is 5.56 Å². The molecule has 0 aromatic heterocycles. The molecule has 0 fully saturated rings. The first-order valence-electron chi connectivity index (χ1n) is 6.72. The standard InChI is InChI=1S/C15H25NO/c1-4-7-14(8-5-2)16-12(3)13-9-6-10-15(17)11-13/h6,9-12,14,16-17H,4-5,7-8H2,1-3H3. The van der Waals surface area contributed by atoms with Crippen LogP contribution in [-0.2, 0) is 0 Å². The summed E-state index contributed by atoms with van der Waals surface area (Å²) in [6.45, 7) is 6.61. The van der Waals surface area contributed by atoms with Crippen LogP contribution in [0.4, 0.5) is 0 Å². The summed E-state index contributed by atoms with van der Waals surface area (Å²) < 4.78 is 0. The molecule has 2 heteroatoms. The zero-order chi connectivity index (χ0) is 12.7. The van der Waals surface area contributed by atoms with Gasteiger partial charge in [-0.15, -0.1) is 0 Å². The summed E-state index contributed by atoms with van der Waals surface area (Å²) in [6, 6.07) is 8.40. The summed E-state index contributed by atoms with van der Waals surface area (Å²) in [5.41, 5.74) is 1.15. The monoisotopic (exact) mass is 235 g/mol. The number of rotatable bonds is 7. The largest absolute Gasteiger partial charge is 0.508 e. The van der Waals surface area contributed by atoms with Crippen molar-refractivity contribution in [1.29, 1.82) is 0 Å². The van der Waals surface area contributed by atoms with Gasteiger partial charge in [-0.05, 0) is 37.5 Å². The summed E-state index contributed by atoms with van der Waals surface area (Å²) in [7, 11) is 0. The van der Waals surface area contributed by atoms with Crippen LogP contribution in [0, 0.1) is 0 Å². The lowest BCUT2D eigenvalue weighted by Gasteiger charge is -2.23. The van der Waals surface area contributed by atoms with Crippen molar-refractivity contribution in [3.63, 3.8) is 0 Å². The minimum atomic E-state index is 0.296. The van der Waals surface area contributed by atoms with Crippen LogP contribution in [0.5, 0.6) is 5.75 Å². The molecular formula is C15H25NO. The first-order chi connectivity index (χ1) is 8.17. The van der Waals surface area contributed by atoms with Gasteiger partial charge in [0.1, 0.15) is 5.75 Å². The highest BCUT2D eigenvalue weighted by Crippen LogP contribution is 2.19. The molecule has 1 unspecified atom stereocenters. The van der Waals surface area contributed by atoms with Crippen LogP contribution in [-0.4, -0.2) is 11.1 Å². The highest BCUT2D eigenvalue weighted by Gasteiger charge is 2.12. The molecule has 0 spiro atoms. The van der Waals surface area contributed by atoms with E-state index >= 15 is 0 Å². The van der Waals surface area contributed by atoms with E-state index in [1.165, 1.54) is 25.7 Å². The molecule has 1 aromatic rings. The Hall–Kier alpha value is -1.02. The van der Waals surface area contributed by atoms with Gasteiger partial charge in [-0.3, -0.25) is 0 Å². The van der Waals surface area contributed by atoms with Crippen LogP contribution >= 0.6 is 0 Å². The Bertz CT molecular complexity index is 318. The van der Waals surface area contributed by atoms with Crippen LogP contribution in [0.1, 0.15) is 58.1 Å². The van der Waals surface area contributed by atoms with Crippen LogP contribution in [0.2, 0.25) is 0 Å². The van der Waals surface area contributed by atoms with Crippen molar-refractivity contribution in [2.24, 2.45) is 0 Å². The molecular weight excluding hydrogens is 210 g/mol. The number of phenols is 1. The molecule has 0 saturated heterocycles. The van der Waals surface area contributed by atoms with Crippen molar-refractivity contribution < 1.29 is 5.11 Å². The van der Waals surface area contributed by atoms with Crippen LogP contribution in [0.25, 0.3) is 0 Å². The molecule has 0 aliphatic rings. The predicted octanol–water partition coefficient (Wildman–Crippen LogP) is 4.01. The van der Waals surface area contributed by atoms with Gasteiger partial charge in [0, 0.05) is 12.1 Å². The maximum Gasteiger partial charge on any atom is 0.115 e. The fourth-order valence-electron chi connectivity index (χ4n) is 2.25. The second-order valence-electron chi connectivity index (χ2n) is 4.76. The Balaban J connectivity index is 2.59. The fraction of sp³-hybridized carbons (Fsp3) is 0.600. The first kappa shape index (κ1) is 14.0. The summed E-state index contributed by atoms with van der Waals surface area (Å²) >= 11 is 0. The van der Waals surface area contributed by atoms with Gasteiger partial charge in [0.05, 0.1) is 0 Å². The van der Waals surface area contributed by atoms with E-state index in [0.29, 0.717) is 17.8 Å². The Morgan fingerprint density at radius 1 is 1.18 bits per heavy atom. The van der Waals surface area contributed by atoms with E-state index in [1.54, 1.807) is 6.07 Å². The van der Waals surface area contributed by atoms with Crippen molar-refractivity contribution in [2.75, 3.05) is 0 Å². The third-order valence-electron chi connectivity index (χ3n) is 3.13. The number of nitrogens with one attached hydrogen (secondary N) is 1. The quantitative estimate of drug-likeness (QED) is 0.748. The summed E-state index contributed by atoms with van der Waals surface area (Å²) in [5.74, 6) is 0.346. The van der Waals surface area contributed by atoms with E-state index in [-0.39, 0.29) is 0 Å². The number of aromatic hydroxyl groups is 1. The number of phenolic OH excluding ortho intramolecular Hbond substituents is 1. The van der Waals surface area contributed by atoms with E-state index in [2.05, 4.69) is 32.2 Å². The zero-order valence-electron chi connectivity index (χ0n) is 11.2. The van der Waals surface area contributed by atoms with E-state index in [4.69, 9.17) is 0 Å². The second-order valence-corrected chi connectivity index (χ2v) is 4.76. The minimum absolute atomic E-state index is 0.296. The van der Waals surface area contributed by atoms with Gasteiger partial charge in [0.25, 0.3) is 0 Å². The molecule has 17 heavy (non-hydrogen) atoms. The molecule has 0 radical (unpaired) electrons. The summed E-state index contributed by atoms with van der Waals surface area (Å²) in [4.78, 5) is 0. The molecule has 2 N–H and O–H groups in total. The van der Waals surface area contributed by atoms with Gasteiger partial charge < -0.3 is 10.4 Å². The second kappa shape index (κ2) is 7.33. The van der Waals surface area contributed by atoms with Gasteiger partial charge in [-0.25, -0.2) is 0 Å². The van der Waals surface area contributed by atoms with Crippen molar-refractivity contribution in [3.05, 3.63) is 29.8 Å². The van der Waals surface area contributed by atoms with Crippen LogP contribution in [0.3, 0.4) is 0 Å². The van der Waals surface area contributed by atoms with Crippen LogP contribution in [0.15, 0.2) is 24.3 Å². The zero-order valence-corrected chi connectivity index (χ0v) is 11.2. The minimum Gasteiger partial charge on any atom is -0.508 e. The molecule has 0 saturated carbocycles. The SMILES string of the molecule is CCCC(CCC)NC(C)c1cccc(O)c1. The average Bonchev–Trinajstić information content (AvgIpc) is 2.29. The van der Waals surface area contributed by atoms with Crippen molar-refractivity contribution >= 4 is 0 Å². The molecule has 0 heterocycles. The molecule has 0 aliphatic carbocycles. The molecule has 0 aliphatic heterocycles. The Morgan fingerprint density at radius 2 is 1.82 bits per heavy atom. The van der Waals surface area contributed by atoms with Gasteiger partial charge >= 0.3 is 0 Å².